The van der Waals surface area contributed by atoms with Crippen molar-refractivity contribution in [2.45, 2.75) is 70.6 Å². The van der Waals surface area contributed by atoms with E-state index in [4.69, 9.17) is 0 Å². The average Bonchev–Trinajstić information content (AvgIpc) is 2.55. The van der Waals surface area contributed by atoms with Crippen molar-refractivity contribution in [3.8, 4) is 0 Å². The Morgan fingerprint density at radius 2 is 1.67 bits per heavy atom. The van der Waals surface area contributed by atoms with Crippen LogP contribution in [0.2, 0.25) is 0 Å². The summed E-state index contributed by atoms with van der Waals surface area (Å²) in [5.74, 6) is 1.27. The van der Waals surface area contributed by atoms with Gasteiger partial charge in [-0.2, -0.15) is 0 Å². The summed E-state index contributed by atoms with van der Waals surface area (Å²) in [7, 11) is 0. The van der Waals surface area contributed by atoms with Gasteiger partial charge in [0.15, 0.2) is 0 Å². The van der Waals surface area contributed by atoms with Crippen molar-refractivity contribution in [1.29, 1.82) is 0 Å². The van der Waals surface area contributed by atoms with Crippen molar-refractivity contribution < 1.29 is 4.79 Å². The van der Waals surface area contributed by atoms with Gasteiger partial charge in [-0.05, 0) is 56.5 Å². The summed E-state index contributed by atoms with van der Waals surface area (Å²) in [6.45, 7) is 4.39. The molecule has 0 radical (unpaired) electrons. The molecule has 3 heteroatoms. The van der Waals surface area contributed by atoms with Crippen molar-refractivity contribution in [3.05, 3.63) is 0 Å². The smallest absolute Gasteiger partial charge is 0.222 e. The van der Waals surface area contributed by atoms with Gasteiger partial charge >= 0.3 is 0 Å². The van der Waals surface area contributed by atoms with E-state index in [9.17, 15) is 4.79 Å². The zero-order chi connectivity index (χ0) is 14.5. The molecule has 3 fully saturated rings. The maximum Gasteiger partial charge on any atom is 0.222 e. The van der Waals surface area contributed by atoms with E-state index in [1.54, 1.807) is 0 Å². The molecule has 3 rings (SSSR count). The van der Waals surface area contributed by atoms with Gasteiger partial charge in [-0.25, -0.2) is 0 Å². The lowest BCUT2D eigenvalue weighted by atomic mass is 9.71. The summed E-state index contributed by atoms with van der Waals surface area (Å²) in [6.07, 6.45) is 14.0. The second-order valence-electron chi connectivity index (χ2n) is 7.67. The molecule has 0 aromatic heterocycles. The highest BCUT2D eigenvalue weighted by molar-refractivity contribution is 5.76. The van der Waals surface area contributed by atoms with Gasteiger partial charge < -0.3 is 10.2 Å². The SMILES string of the molecule is O=C(CCC1CCCCC1)N1CCC2(CCNCC2)CC1. The first-order valence-electron chi connectivity index (χ1n) is 9.26. The van der Waals surface area contributed by atoms with Crippen LogP contribution in [0.15, 0.2) is 0 Å². The number of rotatable bonds is 3. The van der Waals surface area contributed by atoms with Crippen LogP contribution in [-0.2, 0) is 4.79 Å². The fourth-order valence-electron chi connectivity index (χ4n) is 4.65. The monoisotopic (exact) mass is 292 g/mol. The van der Waals surface area contributed by atoms with E-state index >= 15 is 0 Å². The average molecular weight is 292 g/mol. The second kappa shape index (κ2) is 7.13. The summed E-state index contributed by atoms with van der Waals surface area (Å²) in [6, 6.07) is 0. The van der Waals surface area contributed by atoms with Crippen LogP contribution in [0, 0.1) is 11.3 Å². The van der Waals surface area contributed by atoms with Crippen molar-refractivity contribution in [2.24, 2.45) is 11.3 Å². The summed E-state index contributed by atoms with van der Waals surface area (Å²) in [5, 5.41) is 3.47. The van der Waals surface area contributed by atoms with E-state index in [0.29, 0.717) is 11.3 Å². The third-order valence-electron chi connectivity index (χ3n) is 6.33. The molecular weight excluding hydrogens is 260 g/mol. The third-order valence-corrected chi connectivity index (χ3v) is 6.33. The fourth-order valence-corrected chi connectivity index (χ4v) is 4.65. The summed E-state index contributed by atoms with van der Waals surface area (Å²) < 4.78 is 0. The Hall–Kier alpha value is -0.570. The lowest BCUT2D eigenvalue weighted by molar-refractivity contribution is -0.134. The number of carbonyl (C=O) groups excluding carboxylic acids is 1. The topological polar surface area (TPSA) is 32.3 Å². The predicted octanol–water partition coefficient (Wildman–Crippen LogP) is 3.34. The van der Waals surface area contributed by atoms with Gasteiger partial charge in [0.2, 0.25) is 5.91 Å². The Balaban J connectivity index is 1.40. The summed E-state index contributed by atoms with van der Waals surface area (Å²) >= 11 is 0. The number of hydrogen-bond donors (Lipinski definition) is 1. The highest BCUT2D eigenvalue weighted by Gasteiger charge is 2.36. The molecule has 1 N–H and O–H groups in total. The fraction of sp³-hybridized carbons (Fsp3) is 0.944. The number of carbonyl (C=O) groups is 1. The third kappa shape index (κ3) is 4.00. The molecule has 2 heterocycles. The van der Waals surface area contributed by atoms with Crippen molar-refractivity contribution >= 4 is 5.91 Å². The maximum absolute atomic E-state index is 12.4. The van der Waals surface area contributed by atoms with Crippen LogP contribution in [0.5, 0.6) is 0 Å². The van der Waals surface area contributed by atoms with Gasteiger partial charge in [-0.15, -0.1) is 0 Å². The van der Waals surface area contributed by atoms with E-state index < -0.39 is 0 Å². The van der Waals surface area contributed by atoms with E-state index in [1.165, 1.54) is 70.9 Å². The molecule has 1 amide bonds. The zero-order valence-electron chi connectivity index (χ0n) is 13.5. The first-order chi connectivity index (χ1) is 10.3. The Kier molecular flexibility index (Phi) is 5.20. The van der Waals surface area contributed by atoms with E-state index in [1.807, 2.05) is 0 Å². The summed E-state index contributed by atoms with van der Waals surface area (Å²) in [5.41, 5.74) is 0.561. The number of piperidine rings is 2. The molecule has 0 atom stereocenters. The lowest BCUT2D eigenvalue weighted by Crippen LogP contribution is -2.47. The summed E-state index contributed by atoms with van der Waals surface area (Å²) in [4.78, 5) is 14.6. The number of nitrogens with one attached hydrogen (secondary N) is 1. The molecule has 120 valence electrons. The molecule has 0 unspecified atom stereocenters. The molecule has 2 saturated heterocycles. The Labute approximate surface area is 129 Å². The maximum atomic E-state index is 12.4. The Morgan fingerprint density at radius 1 is 1.00 bits per heavy atom. The van der Waals surface area contributed by atoms with Gasteiger partial charge in [-0.3, -0.25) is 4.79 Å². The van der Waals surface area contributed by atoms with E-state index in [2.05, 4.69) is 10.2 Å². The minimum atomic E-state index is 0.435. The molecule has 1 spiro atoms. The van der Waals surface area contributed by atoms with Crippen LogP contribution in [0.3, 0.4) is 0 Å². The molecule has 21 heavy (non-hydrogen) atoms. The molecule has 1 aliphatic carbocycles. The van der Waals surface area contributed by atoms with E-state index in [-0.39, 0.29) is 0 Å². The van der Waals surface area contributed by atoms with Gasteiger partial charge in [0.25, 0.3) is 0 Å². The zero-order valence-corrected chi connectivity index (χ0v) is 13.5. The van der Waals surface area contributed by atoms with Crippen LogP contribution < -0.4 is 5.32 Å². The molecular formula is C18H32N2O. The first kappa shape index (κ1) is 15.3. The lowest BCUT2D eigenvalue weighted by Gasteiger charge is -2.44. The molecule has 0 bridgehead atoms. The molecule has 0 aromatic carbocycles. The number of nitrogens with zero attached hydrogens (tertiary/aromatic N) is 1. The van der Waals surface area contributed by atoms with Gasteiger partial charge in [0.1, 0.15) is 0 Å². The minimum Gasteiger partial charge on any atom is -0.343 e. The van der Waals surface area contributed by atoms with Crippen LogP contribution in [0.4, 0.5) is 0 Å². The van der Waals surface area contributed by atoms with Crippen LogP contribution in [-0.4, -0.2) is 37.0 Å². The van der Waals surface area contributed by atoms with Crippen molar-refractivity contribution in [2.75, 3.05) is 26.2 Å². The molecule has 2 aliphatic heterocycles. The highest BCUT2D eigenvalue weighted by atomic mass is 16.2. The molecule has 3 nitrogen and oxygen atoms in total. The van der Waals surface area contributed by atoms with Crippen LogP contribution in [0.25, 0.3) is 0 Å². The quantitative estimate of drug-likeness (QED) is 0.865. The van der Waals surface area contributed by atoms with Crippen LogP contribution >= 0.6 is 0 Å². The van der Waals surface area contributed by atoms with Crippen molar-refractivity contribution in [1.82, 2.24) is 10.2 Å². The first-order valence-corrected chi connectivity index (χ1v) is 9.26. The highest BCUT2D eigenvalue weighted by Crippen LogP contribution is 2.39. The molecule has 3 aliphatic rings. The van der Waals surface area contributed by atoms with Crippen molar-refractivity contribution in [3.63, 3.8) is 0 Å². The second-order valence-corrected chi connectivity index (χ2v) is 7.67. The number of amides is 1. The van der Waals surface area contributed by atoms with Gasteiger partial charge in [-0.1, -0.05) is 32.1 Å². The largest absolute Gasteiger partial charge is 0.343 e. The van der Waals surface area contributed by atoms with Crippen LogP contribution in [0.1, 0.15) is 70.6 Å². The number of hydrogen-bond acceptors (Lipinski definition) is 2. The Morgan fingerprint density at radius 3 is 2.33 bits per heavy atom. The normalized spacial score (nSPS) is 27.0. The molecule has 0 aromatic rings. The predicted molar refractivity (Wildman–Crippen MR) is 86.2 cm³/mol. The standard InChI is InChI=1S/C18H32N2O/c21-17(7-6-16-4-2-1-3-5-16)20-14-10-18(11-15-20)8-12-19-13-9-18/h16,19H,1-15H2. The van der Waals surface area contributed by atoms with Gasteiger partial charge in [0, 0.05) is 19.5 Å². The Bertz CT molecular complexity index is 333. The van der Waals surface area contributed by atoms with E-state index in [0.717, 1.165) is 31.8 Å². The minimum absolute atomic E-state index is 0.435. The number of likely N-dealkylation sites (tertiary alicyclic amines) is 1. The molecule has 1 saturated carbocycles. The van der Waals surface area contributed by atoms with Gasteiger partial charge in [0.05, 0.1) is 0 Å².